The number of rotatable bonds is 25. The summed E-state index contributed by atoms with van der Waals surface area (Å²) in [6.45, 7) is 13.0. The summed E-state index contributed by atoms with van der Waals surface area (Å²) in [4.78, 5) is 37.8. The lowest BCUT2D eigenvalue weighted by Gasteiger charge is -2.61. The average molecular weight is 753 g/mol. The first-order valence-corrected chi connectivity index (χ1v) is 23.5. The van der Waals surface area contributed by atoms with Crippen molar-refractivity contribution in [3.63, 3.8) is 0 Å². The van der Waals surface area contributed by atoms with Gasteiger partial charge in [-0.05, 0) is 143 Å². The first kappa shape index (κ1) is 44.9. The van der Waals surface area contributed by atoms with Gasteiger partial charge in [-0.3, -0.25) is 14.4 Å². The number of allylic oxidation sites excluding steroid dienone is 2. The van der Waals surface area contributed by atoms with Crippen molar-refractivity contribution >= 4 is 17.8 Å². The predicted molar refractivity (Wildman–Crippen MR) is 224 cm³/mol. The molecule has 0 aromatic rings. The molecule has 0 bridgehead atoms. The van der Waals surface area contributed by atoms with E-state index in [1.165, 1.54) is 109 Å². The van der Waals surface area contributed by atoms with Crippen LogP contribution in [0.3, 0.4) is 0 Å². The fourth-order valence-corrected chi connectivity index (χ4v) is 12.3. The van der Waals surface area contributed by atoms with Crippen molar-refractivity contribution in [3.8, 4) is 0 Å². The zero-order valence-electron chi connectivity index (χ0n) is 35.8. The first-order chi connectivity index (χ1) is 26.1. The fraction of sp³-hybridized carbons (Fsp3) is 0.896. The Morgan fingerprint density at radius 3 is 2.02 bits per heavy atom. The largest absolute Gasteiger partial charge is 0.462 e. The van der Waals surface area contributed by atoms with E-state index in [0.717, 1.165) is 62.7 Å². The highest BCUT2D eigenvalue weighted by molar-refractivity contribution is 5.77. The summed E-state index contributed by atoms with van der Waals surface area (Å²) in [5.74, 6) is 4.66. The van der Waals surface area contributed by atoms with Gasteiger partial charge in [0.05, 0.1) is 0 Å². The molecule has 0 heterocycles. The van der Waals surface area contributed by atoms with Crippen LogP contribution >= 0.6 is 0 Å². The number of esters is 1. The van der Waals surface area contributed by atoms with Crippen LogP contribution in [0.1, 0.15) is 208 Å². The molecular weight excluding hydrogens is 669 g/mol. The molecule has 310 valence electrons. The van der Waals surface area contributed by atoms with Crippen LogP contribution in [0.25, 0.3) is 0 Å². The lowest BCUT2D eigenvalue weighted by Crippen LogP contribution is -2.54. The van der Waals surface area contributed by atoms with Crippen molar-refractivity contribution in [3.05, 3.63) is 12.2 Å². The van der Waals surface area contributed by atoms with E-state index in [-0.39, 0.29) is 23.9 Å². The monoisotopic (exact) mass is 753 g/mol. The molecule has 4 aliphatic rings. The van der Waals surface area contributed by atoms with Crippen molar-refractivity contribution in [2.45, 2.75) is 214 Å². The molecule has 2 amide bonds. The van der Waals surface area contributed by atoms with Crippen molar-refractivity contribution < 1.29 is 19.1 Å². The van der Waals surface area contributed by atoms with Gasteiger partial charge in [0.25, 0.3) is 0 Å². The zero-order chi connectivity index (χ0) is 38.8. The van der Waals surface area contributed by atoms with Gasteiger partial charge >= 0.3 is 5.97 Å². The van der Waals surface area contributed by atoms with E-state index in [1.807, 2.05) is 0 Å². The van der Waals surface area contributed by atoms with E-state index < -0.39 is 0 Å². The van der Waals surface area contributed by atoms with Gasteiger partial charge in [-0.1, -0.05) is 104 Å². The van der Waals surface area contributed by atoms with Gasteiger partial charge in [-0.15, -0.1) is 0 Å². The fourth-order valence-electron chi connectivity index (χ4n) is 12.3. The Kier molecular flexibility index (Phi) is 19.4. The van der Waals surface area contributed by atoms with E-state index >= 15 is 0 Å². The minimum atomic E-state index is 0.0462. The predicted octanol–water partition coefficient (Wildman–Crippen LogP) is 12.0. The number of fused-ring (bicyclic) bond motifs is 5. The molecule has 4 aliphatic carbocycles. The van der Waals surface area contributed by atoms with Gasteiger partial charge in [-0.25, -0.2) is 0 Å². The Bertz CT molecular complexity index is 1150. The summed E-state index contributed by atoms with van der Waals surface area (Å²) >= 11 is 0. The smallest absolute Gasteiger partial charge is 0.306 e. The number of hydrogen-bond acceptors (Lipinski definition) is 4. The maximum Gasteiger partial charge on any atom is 0.306 e. The molecule has 6 nitrogen and oxygen atoms in total. The molecule has 0 saturated heterocycles. The van der Waals surface area contributed by atoms with Crippen LogP contribution in [-0.2, 0) is 19.1 Å². The summed E-state index contributed by atoms with van der Waals surface area (Å²) < 4.78 is 6.12. The van der Waals surface area contributed by atoms with Crippen LogP contribution in [0.4, 0.5) is 0 Å². The van der Waals surface area contributed by atoms with Crippen LogP contribution in [0.5, 0.6) is 0 Å². The first-order valence-electron chi connectivity index (χ1n) is 23.5. The van der Waals surface area contributed by atoms with E-state index in [0.29, 0.717) is 60.9 Å². The highest BCUT2D eigenvalue weighted by atomic mass is 16.5. The van der Waals surface area contributed by atoms with Crippen LogP contribution in [0.2, 0.25) is 0 Å². The van der Waals surface area contributed by atoms with Crippen LogP contribution < -0.4 is 10.6 Å². The summed E-state index contributed by atoms with van der Waals surface area (Å²) in [5, 5.41) is 6.06. The third kappa shape index (κ3) is 13.1. The number of nitrogens with one attached hydrogen (secondary N) is 2. The third-order valence-electron chi connectivity index (χ3n) is 15.5. The molecule has 4 fully saturated rings. The number of ether oxygens (including phenoxy) is 1. The highest BCUT2D eigenvalue weighted by Gasteiger charge is 2.60. The number of carbonyl (C=O) groups is 3. The normalized spacial score (nSPS) is 31.0. The van der Waals surface area contributed by atoms with Gasteiger partial charge in [0.2, 0.25) is 11.8 Å². The maximum atomic E-state index is 12.8. The van der Waals surface area contributed by atoms with Crippen molar-refractivity contribution in [1.29, 1.82) is 0 Å². The summed E-state index contributed by atoms with van der Waals surface area (Å²) in [7, 11) is 0. The third-order valence-corrected chi connectivity index (χ3v) is 15.5. The Morgan fingerprint density at radius 1 is 0.704 bits per heavy atom. The Balaban J connectivity index is 1.10. The molecule has 2 N–H and O–H groups in total. The summed E-state index contributed by atoms with van der Waals surface area (Å²) in [5.41, 5.74) is 0.776. The number of carbonyl (C=O) groups excluding carboxylic acids is 3. The molecular formula is C48H84N2O4. The lowest BCUT2D eigenvalue weighted by molar-refractivity contribution is -0.162. The standard InChI is InChI=1S/C48H84N2O4/c1-6-8-10-12-14-15-17-18-20-22-44(51)49-34-35-50-45(52)29-24-37(3)41-27-28-42-40-26-25-38-36-39(54-46(53)23-21-19-16-13-11-9-7-2)30-32-47(38,4)43(40)31-33-48(41,42)5/h6,8,37-43H,7,9-36H2,1-5H3,(H,49,51)(H,50,52)/t37?,38-,39+,40+,41+,42-,43?,47?,48?/m0/s1. The van der Waals surface area contributed by atoms with Crippen molar-refractivity contribution in [1.82, 2.24) is 10.6 Å². The van der Waals surface area contributed by atoms with Crippen molar-refractivity contribution in [2.75, 3.05) is 13.1 Å². The van der Waals surface area contributed by atoms with Crippen molar-refractivity contribution in [2.24, 2.45) is 46.3 Å². The molecule has 4 saturated carbocycles. The molecule has 0 aliphatic heterocycles. The second kappa shape index (κ2) is 23.4. The van der Waals surface area contributed by atoms with Crippen LogP contribution in [-0.4, -0.2) is 37.0 Å². The molecule has 0 aromatic carbocycles. The van der Waals surface area contributed by atoms with E-state index in [2.05, 4.69) is 57.4 Å². The minimum absolute atomic E-state index is 0.0462. The van der Waals surface area contributed by atoms with Crippen LogP contribution in [0.15, 0.2) is 12.2 Å². The topological polar surface area (TPSA) is 84.5 Å². The highest BCUT2D eigenvalue weighted by Crippen LogP contribution is 2.68. The molecule has 54 heavy (non-hydrogen) atoms. The molecule has 0 spiro atoms. The average Bonchev–Trinajstić information content (AvgIpc) is 3.52. The molecule has 9 atom stereocenters. The number of hydrogen-bond donors (Lipinski definition) is 2. The maximum absolute atomic E-state index is 12.8. The summed E-state index contributed by atoms with van der Waals surface area (Å²) in [6.07, 6.45) is 35.4. The van der Waals surface area contributed by atoms with E-state index in [1.54, 1.807) is 0 Å². The SMILES string of the molecule is CC=CCCCCCCCCC(=O)NCCNC(=O)CCC(C)[C@H]1CC[C@H]2[C@H]3CC[C@H]4C[C@H](OC(=O)CCCCCCCCC)CCC4(C)C3CCC12C. The van der Waals surface area contributed by atoms with E-state index in [9.17, 15) is 14.4 Å². The lowest BCUT2D eigenvalue weighted by atomic mass is 9.44. The van der Waals surface area contributed by atoms with Gasteiger partial charge in [0.15, 0.2) is 0 Å². The minimum Gasteiger partial charge on any atom is -0.462 e. The number of unbranched alkanes of at least 4 members (excludes halogenated alkanes) is 12. The zero-order valence-corrected chi connectivity index (χ0v) is 35.8. The Hall–Kier alpha value is -1.85. The molecule has 0 aromatic heterocycles. The molecule has 4 rings (SSSR count). The van der Waals surface area contributed by atoms with E-state index in [4.69, 9.17) is 4.74 Å². The second-order valence-corrected chi connectivity index (χ2v) is 19.1. The van der Waals surface area contributed by atoms with Gasteiger partial charge in [0.1, 0.15) is 6.10 Å². The Morgan fingerprint density at radius 2 is 1.31 bits per heavy atom. The number of amides is 2. The molecule has 6 heteroatoms. The quantitative estimate of drug-likeness (QED) is 0.0552. The summed E-state index contributed by atoms with van der Waals surface area (Å²) in [6, 6.07) is 0. The molecule has 0 radical (unpaired) electrons. The van der Waals surface area contributed by atoms with Gasteiger partial charge in [-0.2, -0.15) is 0 Å². The van der Waals surface area contributed by atoms with Crippen LogP contribution in [0, 0.1) is 46.3 Å². The second-order valence-electron chi connectivity index (χ2n) is 19.1. The van der Waals surface area contributed by atoms with Gasteiger partial charge < -0.3 is 15.4 Å². The molecule has 4 unspecified atom stereocenters. The van der Waals surface area contributed by atoms with Gasteiger partial charge in [0, 0.05) is 32.4 Å². The Labute approximate surface area is 332 Å².